The number of aromatic nitrogens is 3. The van der Waals surface area contributed by atoms with E-state index in [0.29, 0.717) is 53.7 Å². The molecule has 2 atom stereocenters. The molecule has 12 heteroatoms. The maximum atomic E-state index is 13.3. The zero-order valence-electron chi connectivity index (χ0n) is 21.3. The normalized spacial score (nSPS) is 26.6. The number of carboxylic acids is 1. The molecular weight excluding hydrogens is 520 g/mol. The SMILES string of the molecule is N#C[C@H]1CCCC[C@@H]1n1nc(Nc2ccc3c(c2)CN(C2CCC(C(=O)O)CC2)S3(=O)=O)c2c(=O)[nH]ccc21. The number of benzene rings is 1. The lowest BCUT2D eigenvalue weighted by molar-refractivity contribution is -0.143. The van der Waals surface area contributed by atoms with E-state index in [1.807, 2.05) is 0 Å². The molecule has 39 heavy (non-hydrogen) atoms. The average molecular weight is 551 g/mol. The standard InChI is InChI=1S/C27H30N6O5S/c28-14-17-3-1-2-4-21(17)33-22-11-12-29-26(34)24(22)25(31-33)30-19-7-10-23-18(13-19)15-32(39(23,37)38)20-8-5-16(6-9-20)27(35)36/h7,10-13,16-17,20-21H,1-6,8-9,15H2,(H,29,34)(H,30,31)(H,35,36)/t16?,17-,20?,21+/m1/s1. The lowest BCUT2D eigenvalue weighted by Crippen LogP contribution is -2.39. The van der Waals surface area contributed by atoms with Crippen molar-refractivity contribution in [2.45, 2.75) is 74.9 Å². The summed E-state index contributed by atoms with van der Waals surface area (Å²) in [6.07, 6.45) is 7.14. The van der Waals surface area contributed by atoms with Gasteiger partial charge in [-0.25, -0.2) is 8.42 Å². The Morgan fingerprint density at radius 1 is 1.13 bits per heavy atom. The zero-order chi connectivity index (χ0) is 27.3. The average Bonchev–Trinajstić information content (AvgIpc) is 3.43. The summed E-state index contributed by atoms with van der Waals surface area (Å²) in [5, 5.41) is 27.4. The number of carbonyl (C=O) groups is 1. The molecule has 1 aromatic carbocycles. The second-order valence-electron chi connectivity index (χ2n) is 10.8. The van der Waals surface area contributed by atoms with Crippen molar-refractivity contribution in [3.8, 4) is 6.07 Å². The van der Waals surface area contributed by atoms with Crippen LogP contribution in [-0.2, 0) is 21.4 Å². The number of nitriles is 1. The van der Waals surface area contributed by atoms with Gasteiger partial charge in [0.05, 0.1) is 34.4 Å². The first-order valence-electron chi connectivity index (χ1n) is 13.4. The fourth-order valence-corrected chi connectivity index (χ4v) is 8.34. The molecule has 0 saturated heterocycles. The molecule has 0 radical (unpaired) electrons. The van der Waals surface area contributed by atoms with Crippen molar-refractivity contribution in [1.82, 2.24) is 19.1 Å². The molecule has 0 unspecified atom stereocenters. The lowest BCUT2D eigenvalue weighted by atomic mass is 9.85. The highest BCUT2D eigenvalue weighted by molar-refractivity contribution is 7.89. The molecule has 2 aromatic heterocycles. The van der Waals surface area contributed by atoms with Crippen molar-refractivity contribution in [1.29, 1.82) is 5.26 Å². The van der Waals surface area contributed by atoms with Gasteiger partial charge >= 0.3 is 5.97 Å². The first-order valence-corrected chi connectivity index (χ1v) is 14.9. The summed E-state index contributed by atoms with van der Waals surface area (Å²) in [6, 6.07) is 8.87. The molecule has 1 aliphatic heterocycles. The van der Waals surface area contributed by atoms with E-state index in [2.05, 4.69) is 16.4 Å². The third-order valence-corrected chi connectivity index (χ3v) is 10.5. The lowest BCUT2D eigenvalue weighted by Gasteiger charge is -2.32. The first kappa shape index (κ1) is 25.6. The molecule has 3 aromatic rings. The number of aromatic amines is 1. The number of aliphatic carboxylic acids is 1. The van der Waals surface area contributed by atoms with Crippen LogP contribution in [0.5, 0.6) is 0 Å². The van der Waals surface area contributed by atoms with Crippen LogP contribution in [0.3, 0.4) is 0 Å². The third kappa shape index (κ3) is 4.39. The Balaban J connectivity index is 1.30. The van der Waals surface area contributed by atoms with Crippen molar-refractivity contribution in [2.75, 3.05) is 5.32 Å². The van der Waals surface area contributed by atoms with Crippen LogP contribution in [0.15, 0.2) is 40.2 Å². The molecule has 6 rings (SSSR count). The number of nitrogens with zero attached hydrogens (tertiary/aromatic N) is 4. The van der Waals surface area contributed by atoms with Crippen molar-refractivity contribution < 1.29 is 18.3 Å². The van der Waals surface area contributed by atoms with E-state index in [-0.39, 0.29) is 35.0 Å². The fraction of sp³-hybridized carbons (Fsp3) is 0.481. The number of hydrogen-bond acceptors (Lipinski definition) is 7. The minimum atomic E-state index is -3.68. The van der Waals surface area contributed by atoms with Gasteiger partial charge in [0.15, 0.2) is 5.82 Å². The summed E-state index contributed by atoms with van der Waals surface area (Å²) in [4.78, 5) is 27.1. The number of hydrogen-bond donors (Lipinski definition) is 3. The molecule has 11 nitrogen and oxygen atoms in total. The fourth-order valence-electron chi connectivity index (χ4n) is 6.48. The Hall–Kier alpha value is -3.69. The van der Waals surface area contributed by atoms with E-state index >= 15 is 0 Å². The Kier molecular flexibility index (Phi) is 6.43. The Bertz CT molecular complexity index is 1650. The number of carboxylic acid groups (broad SMARTS) is 1. The van der Waals surface area contributed by atoms with Crippen LogP contribution in [0.2, 0.25) is 0 Å². The van der Waals surface area contributed by atoms with Gasteiger partial charge in [-0.3, -0.25) is 14.3 Å². The van der Waals surface area contributed by atoms with Gasteiger partial charge in [-0.05, 0) is 68.4 Å². The van der Waals surface area contributed by atoms with E-state index in [9.17, 15) is 28.4 Å². The predicted molar refractivity (Wildman–Crippen MR) is 143 cm³/mol. The van der Waals surface area contributed by atoms with E-state index in [4.69, 9.17) is 5.10 Å². The molecule has 2 aliphatic carbocycles. The molecule has 0 bridgehead atoms. The maximum Gasteiger partial charge on any atom is 0.306 e. The van der Waals surface area contributed by atoms with Crippen LogP contribution in [-0.4, -0.2) is 44.6 Å². The summed E-state index contributed by atoms with van der Waals surface area (Å²) in [5.74, 6) is -1.06. The summed E-state index contributed by atoms with van der Waals surface area (Å²) in [6.45, 7) is 0.220. The van der Waals surface area contributed by atoms with Crippen molar-refractivity contribution in [3.05, 3.63) is 46.4 Å². The Morgan fingerprint density at radius 2 is 1.90 bits per heavy atom. The quantitative estimate of drug-likeness (QED) is 0.431. The van der Waals surface area contributed by atoms with Gasteiger partial charge in [0.1, 0.15) is 5.39 Å². The molecule has 0 spiro atoms. The number of fused-ring (bicyclic) bond motifs is 2. The molecule has 204 valence electrons. The molecule has 3 aliphatic rings. The summed E-state index contributed by atoms with van der Waals surface area (Å²) >= 11 is 0. The minimum absolute atomic E-state index is 0.126. The molecule has 2 fully saturated rings. The van der Waals surface area contributed by atoms with Crippen molar-refractivity contribution in [3.63, 3.8) is 0 Å². The first-order chi connectivity index (χ1) is 18.8. The zero-order valence-corrected chi connectivity index (χ0v) is 22.2. The van der Waals surface area contributed by atoms with Crippen molar-refractivity contribution in [2.24, 2.45) is 11.8 Å². The topological polar surface area (TPSA) is 161 Å². The summed E-state index contributed by atoms with van der Waals surface area (Å²) in [7, 11) is -3.68. The van der Waals surface area contributed by atoms with E-state index in [0.717, 1.165) is 25.7 Å². The van der Waals surface area contributed by atoms with Gasteiger partial charge in [-0.15, -0.1) is 0 Å². The van der Waals surface area contributed by atoms with Gasteiger partial charge in [0.2, 0.25) is 10.0 Å². The van der Waals surface area contributed by atoms with Gasteiger partial charge < -0.3 is 15.4 Å². The van der Waals surface area contributed by atoms with E-state index in [1.165, 1.54) is 4.31 Å². The number of nitrogens with one attached hydrogen (secondary N) is 2. The van der Waals surface area contributed by atoms with Gasteiger partial charge in [0, 0.05) is 24.5 Å². The van der Waals surface area contributed by atoms with Gasteiger partial charge in [-0.1, -0.05) is 12.8 Å². The number of rotatable bonds is 5. The number of anilines is 2. The number of pyridine rings is 1. The number of sulfonamides is 1. The van der Waals surface area contributed by atoms with Crippen LogP contribution in [0.4, 0.5) is 11.5 Å². The molecule has 2 saturated carbocycles. The van der Waals surface area contributed by atoms with Crippen LogP contribution >= 0.6 is 0 Å². The highest BCUT2D eigenvalue weighted by Crippen LogP contribution is 2.40. The molecule has 3 N–H and O–H groups in total. The second kappa shape index (κ2) is 9.81. The second-order valence-corrected chi connectivity index (χ2v) is 12.6. The molecular formula is C27H30N6O5S. The highest BCUT2D eigenvalue weighted by Gasteiger charge is 2.41. The van der Waals surface area contributed by atoms with Gasteiger partial charge in [-0.2, -0.15) is 14.7 Å². The van der Waals surface area contributed by atoms with Crippen LogP contribution in [0.1, 0.15) is 63.0 Å². The highest BCUT2D eigenvalue weighted by atomic mass is 32.2. The Labute approximate surface area is 225 Å². The largest absolute Gasteiger partial charge is 0.481 e. The molecule has 0 amide bonds. The number of H-pyrrole nitrogens is 1. The smallest absolute Gasteiger partial charge is 0.306 e. The van der Waals surface area contributed by atoms with Crippen molar-refractivity contribution >= 4 is 38.4 Å². The van der Waals surface area contributed by atoms with E-state index in [1.54, 1.807) is 35.1 Å². The Morgan fingerprint density at radius 3 is 2.64 bits per heavy atom. The molecule has 3 heterocycles. The summed E-state index contributed by atoms with van der Waals surface area (Å²) in [5.41, 5.74) is 1.61. The minimum Gasteiger partial charge on any atom is -0.481 e. The summed E-state index contributed by atoms with van der Waals surface area (Å²) < 4.78 is 30.0. The van der Waals surface area contributed by atoms with Crippen LogP contribution in [0, 0.1) is 23.2 Å². The van der Waals surface area contributed by atoms with Crippen LogP contribution < -0.4 is 10.9 Å². The monoisotopic (exact) mass is 550 g/mol. The predicted octanol–water partition coefficient (Wildman–Crippen LogP) is 3.87. The maximum absolute atomic E-state index is 13.3. The van der Waals surface area contributed by atoms with E-state index < -0.39 is 21.9 Å². The van der Waals surface area contributed by atoms with Crippen LogP contribution in [0.25, 0.3) is 10.9 Å². The van der Waals surface area contributed by atoms with Gasteiger partial charge in [0.25, 0.3) is 5.56 Å². The third-order valence-electron chi connectivity index (χ3n) is 8.53.